The molecule has 0 aliphatic carbocycles. The lowest BCUT2D eigenvalue weighted by Gasteiger charge is -2.07. The van der Waals surface area contributed by atoms with Gasteiger partial charge in [0.15, 0.2) is 0 Å². The van der Waals surface area contributed by atoms with Crippen LogP contribution in [0.2, 0.25) is 5.02 Å². The van der Waals surface area contributed by atoms with Gasteiger partial charge in [-0.1, -0.05) is 54.1 Å². The van der Waals surface area contributed by atoms with Crippen LogP contribution in [-0.2, 0) is 0 Å². The third-order valence-corrected chi connectivity index (χ3v) is 5.29. The van der Waals surface area contributed by atoms with E-state index in [0.717, 1.165) is 27.8 Å². The van der Waals surface area contributed by atoms with E-state index in [1.54, 1.807) is 11.4 Å². The maximum absolute atomic E-state index is 12.4. The van der Waals surface area contributed by atoms with Gasteiger partial charge in [0.25, 0.3) is 5.91 Å². The van der Waals surface area contributed by atoms with Gasteiger partial charge in [-0.25, -0.2) is 0 Å². The average Bonchev–Trinajstić information content (AvgIpc) is 3.27. The first-order valence-electron chi connectivity index (χ1n) is 7.97. The molecule has 4 nitrogen and oxygen atoms in total. The molecule has 0 unspecified atom stereocenters. The first-order valence-corrected chi connectivity index (χ1v) is 9.23. The van der Waals surface area contributed by atoms with Crippen molar-refractivity contribution >= 4 is 57.6 Å². The predicted molar refractivity (Wildman–Crippen MR) is 109 cm³/mol. The van der Waals surface area contributed by atoms with Gasteiger partial charge in [-0.15, -0.1) is 11.3 Å². The Morgan fingerprint density at radius 2 is 1.88 bits per heavy atom. The van der Waals surface area contributed by atoms with E-state index in [1.165, 1.54) is 11.3 Å². The summed E-state index contributed by atoms with van der Waals surface area (Å²) in [6.45, 7) is 0. The normalized spacial score (nSPS) is 11.3. The smallest absolute Gasteiger partial charge is 0.267 e. The van der Waals surface area contributed by atoms with E-state index in [1.807, 2.05) is 60.7 Å². The summed E-state index contributed by atoms with van der Waals surface area (Å²) in [5.41, 5.74) is 3.45. The number of benzene rings is 2. The van der Waals surface area contributed by atoms with Gasteiger partial charge in [0.1, 0.15) is 4.88 Å². The second-order valence-electron chi connectivity index (χ2n) is 5.63. The summed E-state index contributed by atoms with van der Waals surface area (Å²) in [6, 6.07) is 17.3. The molecule has 2 heterocycles. The predicted octanol–water partition coefficient (Wildman–Crippen LogP) is 5.70. The molecule has 0 atom stereocenters. The fourth-order valence-corrected chi connectivity index (χ4v) is 3.71. The molecule has 2 aromatic heterocycles. The number of nitrogens with one attached hydrogen (secondary N) is 2. The number of amides is 1. The maximum Gasteiger partial charge on any atom is 0.267 e. The van der Waals surface area contributed by atoms with Crippen LogP contribution in [0.15, 0.2) is 60.0 Å². The number of anilines is 1. The highest BCUT2D eigenvalue weighted by molar-refractivity contribution is 7.12. The molecule has 0 radical (unpaired) electrons. The number of carbonyl (C=O) groups is 1. The van der Waals surface area contributed by atoms with E-state index in [4.69, 9.17) is 11.6 Å². The number of H-pyrrole nitrogens is 1. The van der Waals surface area contributed by atoms with Gasteiger partial charge in [-0.3, -0.25) is 9.89 Å². The van der Waals surface area contributed by atoms with Crippen molar-refractivity contribution in [2.24, 2.45) is 0 Å². The van der Waals surface area contributed by atoms with E-state index in [9.17, 15) is 4.79 Å². The van der Waals surface area contributed by atoms with E-state index in [-0.39, 0.29) is 5.91 Å². The molecule has 2 N–H and O–H groups in total. The number of halogens is 1. The standard InChI is InChI=1S/C20H14ClN3OS/c21-15-11-12-26-19(15)20(25)22-16-7-3-1-5-13(16)9-10-18-14-6-2-4-8-17(14)23-24-18/h1-12H,(H,22,25)(H,23,24). The largest absolute Gasteiger partial charge is 0.321 e. The van der Waals surface area contributed by atoms with Gasteiger partial charge in [0.05, 0.1) is 16.2 Å². The summed E-state index contributed by atoms with van der Waals surface area (Å²) >= 11 is 7.37. The molecule has 0 fully saturated rings. The second-order valence-corrected chi connectivity index (χ2v) is 6.95. The summed E-state index contributed by atoms with van der Waals surface area (Å²) in [7, 11) is 0. The third kappa shape index (κ3) is 3.27. The number of thiophene rings is 1. The summed E-state index contributed by atoms with van der Waals surface area (Å²) in [4.78, 5) is 12.9. The zero-order chi connectivity index (χ0) is 17.9. The summed E-state index contributed by atoms with van der Waals surface area (Å²) in [5, 5.41) is 13.6. The lowest BCUT2D eigenvalue weighted by molar-refractivity contribution is 0.103. The Labute approximate surface area is 159 Å². The molecule has 0 bridgehead atoms. The number of aromatic nitrogens is 2. The van der Waals surface area contributed by atoms with Crippen molar-refractivity contribution in [2.75, 3.05) is 5.32 Å². The molecule has 0 aliphatic heterocycles. The first-order chi connectivity index (χ1) is 12.7. The van der Waals surface area contributed by atoms with Crippen LogP contribution in [0.3, 0.4) is 0 Å². The van der Waals surface area contributed by atoms with E-state index < -0.39 is 0 Å². The van der Waals surface area contributed by atoms with Crippen LogP contribution in [0.1, 0.15) is 20.9 Å². The lowest BCUT2D eigenvalue weighted by atomic mass is 10.1. The topological polar surface area (TPSA) is 57.8 Å². The van der Waals surface area contributed by atoms with Crippen LogP contribution in [0.4, 0.5) is 5.69 Å². The number of carbonyl (C=O) groups excluding carboxylic acids is 1. The highest BCUT2D eigenvalue weighted by Crippen LogP contribution is 2.25. The molecule has 4 aromatic rings. The van der Waals surface area contributed by atoms with Crippen LogP contribution in [0.25, 0.3) is 23.1 Å². The molecule has 1 amide bonds. The zero-order valence-corrected chi connectivity index (χ0v) is 15.1. The van der Waals surface area contributed by atoms with Gasteiger partial charge < -0.3 is 5.32 Å². The van der Waals surface area contributed by atoms with E-state index in [0.29, 0.717) is 9.90 Å². The molecule has 26 heavy (non-hydrogen) atoms. The van der Waals surface area contributed by atoms with Crippen molar-refractivity contribution < 1.29 is 4.79 Å². The SMILES string of the molecule is O=C(Nc1ccccc1C=Cc1n[nH]c2ccccc12)c1sccc1Cl. The van der Waals surface area contributed by atoms with E-state index in [2.05, 4.69) is 15.5 Å². The number of aromatic amines is 1. The van der Waals surface area contributed by atoms with Crippen molar-refractivity contribution in [3.8, 4) is 0 Å². The van der Waals surface area contributed by atoms with Gasteiger partial charge in [-0.05, 0) is 35.2 Å². The van der Waals surface area contributed by atoms with Crippen molar-refractivity contribution in [3.63, 3.8) is 0 Å². The number of hydrogen-bond donors (Lipinski definition) is 2. The molecular weight excluding hydrogens is 366 g/mol. The average molecular weight is 380 g/mol. The fourth-order valence-electron chi connectivity index (χ4n) is 2.67. The number of rotatable bonds is 4. The first kappa shape index (κ1) is 16.6. The number of nitrogens with zero attached hydrogens (tertiary/aromatic N) is 1. The van der Waals surface area contributed by atoms with Crippen molar-refractivity contribution in [3.05, 3.63) is 81.1 Å². The molecule has 6 heteroatoms. The lowest BCUT2D eigenvalue weighted by Crippen LogP contribution is -2.11. The Balaban J connectivity index is 1.62. The number of fused-ring (bicyclic) bond motifs is 1. The Morgan fingerprint density at radius 3 is 2.73 bits per heavy atom. The molecule has 128 valence electrons. The Bertz CT molecular complexity index is 1110. The van der Waals surface area contributed by atoms with Gasteiger partial charge >= 0.3 is 0 Å². The quantitative estimate of drug-likeness (QED) is 0.477. The minimum Gasteiger partial charge on any atom is -0.321 e. The monoisotopic (exact) mass is 379 g/mol. The van der Waals surface area contributed by atoms with Crippen LogP contribution in [-0.4, -0.2) is 16.1 Å². The molecule has 2 aromatic carbocycles. The summed E-state index contributed by atoms with van der Waals surface area (Å²) in [5.74, 6) is -0.212. The molecular formula is C20H14ClN3OS. The summed E-state index contributed by atoms with van der Waals surface area (Å²) in [6.07, 6.45) is 3.87. The third-order valence-electron chi connectivity index (χ3n) is 3.95. The second kappa shape index (κ2) is 7.15. The molecule has 4 rings (SSSR count). The zero-order valence-electron chi connectivity index (χ0n) is 13.6. The molecule has 0 saturated carbocycles. The highest BCUT2D eigenvalue weighted by Gasteiger charge is 2.13. The van der Waals surface area contributed by atoms with E-state index >= 15 is 0 Å². The Kier molecular flexibility index (Phi) is 4.56. The molecule has 0 spiro atoms. The Morgan fingerprint density at radius 1 is 1.08 bits per heavy atom. The number of para-hydroxylation sites is 2. The molecule has 0 aliphatic rings. The molecule has 0 saturated heterocycles. The minimum atomic E-state index is -0.212. The van der Waals surface area contributed by atoms with Crippen LogP contribution >= 0.6 is 22.9 Å². The van der Waals surface area contributed by atoms with Gasteiger partial charge in [-0.2, -0.15) is 5.10 Å². The highest BCUT2D eigenvalue weighted by atomic mass is 35.5. The van der Waals surface area contributed by atoms with Gasteiger partial charge in [0, 0.05) is 11.1 Å². The maximum atomic E-state index is 12.4. The van der Waals surface area contributed by atoms with Crippen LogP contribution in [0, 0.1) is 0 Å². The minimum absolute atomic E-state index is 0.212. The fraction of sp³-hybridized carbons (Fsp3) is 0. The van der Waals surface area contributed by atoms with Crippen LogP contribution in [0.5, 0.6) is 0 Å². The van der Waals surface area contributed by atoms with Crippen molar-refractivity contribution in [2.45, 2.75) is 0 Å². The van der Waals surface area contributed by atoms with Crippen LogP contribution < -0.4 is 5.32 Å². The van der Waals surface area contributed by atoms with Crippen molar-refractivity contribution in [1.82, 2.24) is 10.2 Å². The Hall–Kier alpha value is -2.89. The van der Waals surface area contributed by atoms with Gasteiger partial charge in [0.2, 0.25) is 0 Å². The van der Waals surface area contributed by atoms with Crippen molar-refractivity contribution in [1.29, 1.82) is 0 Å². The summed E-state index contributed by atoms with van der Waals surface area (Å²) < 4.78 is 0. The number of hydrogen-bond acceptors (Lipinski definition) is 3.